The number of para-hydroxylation sites is 1. The monoisotopic (exact) mass is 264 g/mol. The maximum absolute atomic E-state index is 5.91. The van der Waals surface area contributed by atoms with Crippen molar-refractivity contribution in [2.45, 2.75) is 6.42 Å². The van der Waals surface area contributed by atoms with Crippen molar-refractivity contribution in [1.29, 1.82) is 0 Å². The van der Waals surface area contributed by atoms with Gasteiger partial charge in [-0.25, -0.2) is 4.98 Å². The molecular weight excluding hydrogens is 252 g/mol. The van der Waals surface area contributed by atoms with Crippen molar-refractivity contribution in [3.63, 3.8) is 0 Å². The van der Waals surface area contributed by atoms with Crippen molar-refractivity contribution in [1.82, 2.24) is 9.97 Å². The van der Waals surface area contributed by atoms with Gasteiger partial charge in [-0.15, -0.1) is 0 Å². The molecule has 0 amide bonds. The van der Waals surface area contributed by atoms with Crippen LogP contribution in [0.15, 0.2) is 30.3 Å². The molecule has 0 atom stereocenters. The molecular formula is C13H13ClN2O2. The Morgan fingerprint density at radius 3 is 2.61 bits per heavy atom. The van der Waals surface area contributed by atoms with E-state index in [1.165, 1.54) is 0 Å². The second kappa shape index (κ2) is 5.69. The minimum Gasteiger partial charge on any atom is -0.496 e. The van der Waals surface area contributed by atoms with Crippen molar-refractivity contribution >= 4 is 11.6 Å². The van der Waals surface area contributed by atoms with Crippen molar-refractivity contribution in [2.75, 3.05) is 14.2 Å². The van der Waals surface area contributed by atoms with E-state index in [0.717, 1.165) is 11.3 Å². The molecule has 18 heavy (non-hydrogen) atoms. The lowest BCUT2D eigenvalue weighted by atomic mass is 10.1. The third-order valence-electron chi connectivity index (χ3n) is 2.47. The van der Waals surface area contributed by atoms with Crippen molar-refractivity contribution in [2.24, 2.45) is 0 Å². The summed E-state index contributed by atoms with van der Waals surface area (Å²) in [6.45, 7) is 0. The number of aromatic nitrogens is 2. The van der Waals surface area contributed by atoms with E-state index in [4.69, 9.17) is 21.1 Å². The van der Waals surface area contributed by atoms with Crippen LogP contribution in [0.2, 0.25) is 5.15 Å². The van der Waals surface area contributed by atoms with E-state index < -0.39 is 0 Å². The summed E-state index contributed by atoms with van der Waals surface area (Å²) in [4.78, 5) is 8.42. The number of methoxy groups -OCH3 is 2. The van der Waals surface area contributed by atoms with Gasteiger partial charge in [-0.3, -0.25) is 0 Å². The largest absolute Gasteiger partial charge is 0.496 e. The second-order valence-electron chi connectivity index (χ2n) is 3.64. The Balaban J connectivity index is 2.30. The molecule has 2 aromatic rings. The number of ether oxygens (including phenoxy) is 2. The Bertz CT molecular complexity index is 546. The van der Waals surface area contributed by atoms with Gasteiger partial charge in [0.05, 0.1) is 14.2 Å². The number of hydrogen-bond donors (Lipinski definition) is 0. The number of nitrogens with zero attached hydrogens (tertiary/aromatic N) is 2. The highest BCUT2D eigenvalue weighted by Crippen LogP contribution is 2.21. The molecule has 2 rings (SSSR count). The Morgan fingerprint density at radius 2 is 1.89 bits per heavy atom. The van der Waals surface area contributed by atoms with Gasteiger partial charge in [-0.05, 0) is 6.07 Å². The molecule has 0 unspecified atom stereocenters. The lowest BCUT2D eigenvalue weighted by molar-refractivity contribution is 0.394. The molecule has 1 aromatic carbocycles. The fraction of sp³-hybridized carbons (Fsp3) is 0.231. The average Bonchev–Trinajstić information content (AvgIpc) is 2.38. The fourth-order valence-corrected chi connectivity index (χ4v) is 1.84. The molecule has 0 radical (unpaired) electrons. The van der Waals surface area contributed by atoms with Gasteiger partial charge in [0.2, 0.25) is 5.88 Å². The summed E-state index contributed by atoms with van der Waals surface area (Å²) < 4.78 is 10.3. The highest BCUT2D eigenvalue weighted by molar-refractivity contribution is 6.29. The van der Waals surface area contributed by atoms with E-state index in [9.17, 15) is 0 Å². The first-order chi connectivity index (χ1) is 8.72. The molecule has 94 valence electrons. The van der Waals surface area contributed by atoms with Crippen molar-refractivity contribution in [3.05, 3.63) is 46.9 Å². The van der Waals surface area contributed by atoms with Crippen LogP contribution in [0.3, 0.4) is 0 Å². The molecule has 5 heteroatoms. The van der Waals surface area contributed by atoms with Crippen LogP contribution in [-0.4, -0.2) is 24.2 Å². The first-order valence-corrected chi connectivity index (χ1v) is 5.80. The van der Waals surface area contributed by atoms with Gasteiger partial charge in [0.15, 0.2) is 0 Å². The standard InChI is InChI=1S/C13H13ClN2O2/c1-17-10-6-4-3-5-9(10)7-12-15-11(14)8-13(16-12)18-2/h3-6,8H,7H2,1-2H3. The summed E-state index contributed by atoms with van der Waals surface area (Å²) in [7, 11) is 3.18. The summed E-state index contributed by atoms with van der Waals surface area (Å²) in [5.41, 5.74) is 1.00. The minimum absolute atomic E-state index is 0.367. The minimum atomic E-state index is 0.367. The van der Waals surface area contributed by atoms with E-state index in [2.05, 4.69) is 9.97 Å². The van der Waals surface area contributed by atoms with Crippen LogP contribution >= 0.6 is 11.6 Å². The summed E-state index contributed by atoms with van der Waals surface area (Å²) in [5, 5.41) is 0.367. The van der Waals surface area contributed by atoms with E-state index >= 15 is 0 Å². The lowest BCUT2D eigenvalue weighted by Crippen LogP contribution is -2.00. The van der Waals surface area contributed by atoms with E-state index in [-0.39, 0.29) is 0 Å². The zero-order valence-corrected chi connectivity index (χ0v) is 10.9. The van der Waals surface area contributed by atoms with Gasteiger partial charge < -0.3 is 9.47 Å². The number of rotatable bonds is 4. The maximum Gasteiger partial charge on any atom is 0.217 e. The first-order valence-electron chi connectivity index (χ1n) is 5.42. The molecule has 0 aliphatic carbocycles. The molecule has 0 saturated carbocycles. The number of hydrogen-bond acceptors (Lipinski definition) is 4. The Kier molecular flexibility index (Phi) is 3.99. The molecule has 0 fully saturated rings. The van der Waals surface area contributed by atoms with Crippen LogP contribution in [0, 0.1) is 0 Å². The van der Waals surface area contributed by atoms with Gasteiger partial charge in [0.1, 0.15) is 16.7 Å². The summed E-state index contributed by atoms with van der Waals surface area (Å²) in [5.74, 6) is 1.86. The third-order valence-corrected chi connectivity index (χ3v) is 2.66. The van der Waals surface area contributed by atoms with Gasteiger partial charge in [0, 0.05) is 18.1 Å². The van der Waals surface area contributed by atoms with Gasteiger partial charge in [-0.2, -0.15) is 4.98 Å². The highest BCUT2D eigenvalue weighted by atomic mass is 35.5. The molecule has 0 bridgehead atoms. The first kappa shape index (κ1) is 12.6. The van der Waals surface area contributed by atoms with Crippen molar-refractivity contribution < 1.29 is 9.47 Å². The molecule has 0 aliphatic heterocycles. The van der Waals surface area contributed by atoms with Gasteiger partial charge in [0.25, 0.3) is 0 Å². The lowest BCUT2D eigenvalue weighted by Gasteiger charge is -2.08. The van der Waals surface area contributed by atoms with E-state index in [1.807, 2.05) is 24.3 Å². The molecule has 0 saturated heterocycles. The molecule has 0 N–H and O–H groups in total. The molecule has 1 heterocycles. The van der Waals surface area contributed by atoms with E-state index in [0.29, 0.717) is 23.3 Å². The molecule has 0 spiro atoms. The number of halogens is 1. The zero-order chi connectivity index (χ0) is 13.0. The quantitative estimate of drug-likeness (QED) is 0.797. The summed E-state index contributed by atoms with van der Waals surface area (Å²) >= 11 is 5.91. The Morgan fingerprint density at radius 1 is 1.11 bits per heavy atom. The molecule has 4 nitrogen and oxygen atoms in total. The Labute approximate surface area is 111 Å². The summed E-state index contributed by atoms with van der Waals surface area (Å²) in [6.07, 6.45) is 0.543. The van der Waals surface area contributed by atoms with Crippen LogP contribution in [0.25, 0.3) is 0 Å². The molecule has 0 aliphatic rings. The zero-order valence-electron chi connectivity index (χ0n) is 10.2. The maximum atomic E-state index is 5.91. The predicted molar refractivity (Wildman–Crippen MR) is 69.4 cm³/mol. The van der Waals surface area contributed by atoms with Crippen LogP contribution in [-0.2, 0) is 6.42 Å². The average molecular weight is 265 g/mol. The van der Waals surface area contributed by atoms with Gasteiger partial charge >= 0.3 is 0 Å². The SMILES string of the molecule is COc1cc(Cl)nc(Cc2ccccc2OC)n1. The Hall–Kier alpha value is -1.81. The van der Waals surface area contributed by atoms with Crippen LogP contribution in [0.5, 0.6) is 11.6 Å². The van der Waals surface area contributed by atoms with Gasteiger partial charge in [-0.1, -0.05) is 29.8 Å². The smallest absolute Gasteiger partial charge is 0.217 e. The fourth-order valence-electron chi connectivity index (χ4n) is 1.64. The summed E-state index contributed by atoms with van der Waals surface area (Å²) in [6, 6.07) is 9.31. The number of benzene rings is 1. The van der Waals surface area contributed by atoms with Crippen LogP contribution in [0.4, 0.5) is 0 Å². The highest BCUT2D eigenvalue weighted by Gasteiger charge is 2.08. The predicted octanol–water partition coefficient (Wildman–Crippen LogP) is 2.74. The molecule has 1 aromatic heterocycles. The van der Waals surface area contributed by atoms with Crippen molar-refractivity contribution in [3.8, 4) is 11.6 Å². The topological polar surface area (TPSA) is 44.2 Å². The van der Waals surface area contributed by atoms with E-state index in [1.54, 1.807) is 20.3 Å². The second-order valence-corrected chi connectivity index (χ2v) is 4.03. The normalized spacial score (nSPS) is 10.2. The third kappa shape index (κ3) is 2.90. The van der Waals surface area contributed by atoms with Crippen LogP contribution < -0.4 is 9.47 Å². The van der Waals surface area contributed by atoms with Crippen LogP contribution in [0.1, 0.15) is 11.4 Å².